The van der Waals surface area contributed by atoms with Gasteiger partial charge in [-0.2, -0.15) is 0 Å². The molecule has 0 N–H and O–H groups in total. The molecule has 8 heterocycles. The number of hydrogen-bond donors (Lipinski definition) is 0. The van der Waals surface area contributed by atoms with Gasteiger partial charge in [-0.3, -0.25) is 0 Å². The summed E-state index contributed by atoms with van der Waals surface area (Å²) in [5.41, 5.74) is 38.1. The minimum Gasteiger partial charge on any atom is -0.456 e. The number of nitrogens with zero attached hydrogens (tertiary/aromatic N) is 10. The molecular weight excluding hydrogens is 1710 g/mol. The summed E-state index contributed by atoms with van der Waals surface area (Å²) in [5, 5.41) is 14.3. The summed E-state index contributed by atoms with van der Waals surface area (Å²) in [7, 11) is 0. The molecule has 0 fully saturated rings. The van der Waals surface area contributed by atoms with Crippen molar-refractivity contribution in [1.29, 1.82) is 0 Å². The third-order valence-corrected chi connectivity index (χ3v) is 28.8. The van der Waals surface area contributed by atoms with Crippen LogP contribution in [0.5, 0.6) is 0 Å². The Labute approximate surface area is 802 Å². The lowest BCUT2D eigenvalue weighted by Crippen LogP contribution is -2.00. The first-order valence-electron chi connectivity index (χ1n) is 47.6. The van der Waals surface area contributed by atoms with Crippen LogP contribution in [0.15, 0.2) is 458 Å². The summed E-state index contributed by atoms with van der Waals surface area (Å²) in [4.78, 5) is 30.1. The molecule has 0 radical (unpaired) electrons. The van der Waals surface area contributed by atoms with E-state index >= 15 is 0 Å². The largest absolute Gasteiger partial charge is 0.456 e. The molecule has 0 unspecified atom stereocenters. The maximum Gasteiger partial charge on any atom is 0.164 e. The molecule has 2 aliphatic rings. The van der Waals surface area contributed by atoms with Crippen molar-refractivity contribution in [3.8, 4) is 136 Å². The molecule has 0 aliphatic heterocycles. The van der Waals surface area contributed by atoms with Gasteiger partial charge >= 0.3 is 0 Å². The van der Waals surface area contributed by atoms with Crippen molar-refractivity contribution in [2.45, 2.75) is 12.8 Å². The third kappa shape index (κ3) is 12.8. The van der Waals surface area contributed by atoms with Gasteiger partial charge in [0.05, 0.1) is 44.1 Å². The maximum atomic E-state index is 6.21. The number of hydrogen-bond acceptors (Lipinski definition) is 8. The van der Waals surface area contributed by atoms with Crippen LogP contribution < -0.4 is 0 Å². The quantitative estimate of drug-likeness (QED) is 0.118. The molecule has 8 aromatic heterocycles. The van der Waals surface area contributed by atoms with E-state index in [1.807, 2.05) is 97.1 Å². The molecule has 28 aromatic rings. The van der Waals surface area contributed by atoms with Crippen molar-refractivity contribution in [3.05, 3.63) is 471 Å². The van der Waals surface area contributed by atoms with E-state index in [-0.39, 0.29) is 0 Å². The van der Waals surface area contributed by atoms with Gasteiger partial charge in [-0.15, -0.1) is 0 Å². The summed E-state index contributed by atoms with van der Waals surface area (Å²) in [6, 6.07) is 160. The SMILES string of the molecule is c1ccc(-c2nc(-c3ccccc3)nc(-c3ccc4c(c3)-c3cc(-n5c6ccccc6c6cc(-c7ccc8c(c7)c7ccccc7n8-c7ccc8oc9ccccc9c8c7)ccc65)ccc3C4)n2)cc1.c1ccc(-c2nc(-c3ccccc3)nc(-c3ccc4c(c3)-c3cc(-n5c6ccccc6c6cc(-c7ccc8c(c7)c7ccccc7n8-c7ccc8oc9ccccc9c8c7)ccc65)ccc3C4)n2)cc1. The van der Waals surface area contributed by atoms with Crippen LogP contribution in [-0.4, -0.2) is 48.2 Å². The summed E-state index contributed by atoms with van der Waals surface area (Å²) >= 11 is 0. The molecule has 140 heavy (non-hydrogen) atoms. The Balaban J connectivity index is 0.000000134. The molecule has 0 spiro atoms. The topological polar surface area (TPSA) is 123 Å². The van der Waals surface area contributed by atoms with Gasteiger partial charge in [0.1, 0.15) is 22.3 Å². The maximum absolute atomic E-state index is 6.21. The van der Waals surface area contributed by atoms with Crippen molar-refractivity contribution in [1.82, 2.24) is 48.2 Å². The average Bonchev–Trinajstić information content (AvgIpc) is 1.61. The predicted molar refractivity (Wildman–Crippen MR) is 572 cm³/mol. The zero-order valence-corrected chi connectivity index (χ0v) is 75.4. The highest BCUT2D eigenvalue weighted by molar-refractivity contribution is 6.17. The molecule has 0 saturated heterocycles. The Morgan fingerprint density at radius 1 is 0.150 bits per heavy atom. The van der Waals surface area contributed by atoms with Gasteiger partial charge < -0.3 is 27.1 Å². The van der Waals surface area contributed by atoms with Gasteiger partial charge in [0.25, 0.3) is 0 Å². The van der Waals surface area contributed by atoms with Crippen LogP contribution in [0.4, 0.5) is 0 Å². The first-order chi connectivity index (χ1) is 69.3. The fourth-order valence-corrected chi connectivity index (χ4v) is 22.2. The zero-order chi connectivity index (χ0) is 91.7. The standard InChI is InChI=1S/2C64H39N5O/c2*1-3-13-39(14-4-1)62-65-63(40-15-5-2-6-16-40)67-64(66-62)45-24-23-43-33-44-25-28-46(37-52(44)51(43)36-45)68-56-20-10-7-17-48(56)53-34-41(26-30-58(53)68)42-27-31-59-54(35-42)49-18-8-11-21-57(49)69(59)47-29-32-61-55(38-47)50-19-9-12-22-60(50)70-61/h2*1-32,34-38H,33H2. The van der Waals surface area contributed by atoms with Crippen LogP contribution in [0.2, 0.25) is 0 Å². The smallest absolute Gasteiger partial charge is 0.164 e. The molecule has 20 aromatic carbocycles. The lowest BCUT2D eigenvalue weighted by molar-refractivity contribution is 0.668. The highest BCUT2D eigenvalue weighted by Gasteiger charge is 2.28. The van der Waals surface area contributed by atoms with Gasteiger partial charge in [-0.05, 0) is 237 Å². The van der Waals surface area contributed by atoms with E-state index in [4.69, 9.17) is 38.7 Å². The van der Waals surface area contributed by atoms with E-state index in [1.54, 1.807) is 0 Å². The summed E-state index contributed by atoms with van der Waals surface area (Å²) < 4.78 is 22.0. The van der Waals surface area contributed by atoms with Crippen molar-refractivity contribution < 1.29 is 8.83 Å². The van der Waals surface area contributed by atoms with Gasteiger partial charge in [0, 0.05) is 121 Å². The summed E-state index contributed by atoms with van der Waals surface area (Å²) in [6.07, 6.45) is 1.76. The second kappa shape index (κ2) is 31.4. The molecule has 652 valence electrons. The second-order valence-electron chi connectivity index (χ2n) is 36.8. The lowest BCUT2D eigenvalue weighted by Gasteiger charge is -2.12. The van der Waals surface area contributed by atoms with Crippen molar-refractivity contribution >= 4 is 131 Å². The van der Waals surface area contributed by atoms with Crippen LogP contribution in [0.3, 0.4) is 0 Å². The van der Waals surface area contributed by atoms with Crippen LogP contribution in [-0.2, 0) is 12.8 Å². The van der Waals surface area contributed by atoms with Gasteiger partial charge in [-0.1, -0.05) is 291 Å². The number of para-hydroxylation sites is 6. The van der Waals surface area contributed by atoms with E-state index in [0.717, 1.165) is 113 Å². The Bertz CT molecular complexity index is 9350. The zero-order valence-electron chi connectivity index (χ0n) is 75.4. The second-order valence-corrected chi connectivity index (χ2v) is 36.8. The number of rotatable bonds is 12. The van der Waals surface area contributed by atoms with E-state index in [1.165, 1.54) is 154 Å². The normalized spacial score (nSPS) is 12.2. The Morgan fingerprint density at radius 3 is 0.693 bits per heavy atom. The third-order valence-electron chi connectivity index (χ3n) is 28.8. The lowest BCUT2D eigenvalue weighted by atomic mass is 10.0. The van der Waals surface area contributed by atoms with E-state index in [0.29, 0.717) is 34.9 Å². The Kier molecular flexibility index (Phi) is 17.7. The minimum absolute atomic E-state index is 0.657. The first kappa shape index (κ1) is 78.7. The molecule has 2 aliphatic carbocycles. The van der Waals surface area contributed by atoms with E-state index in [9.17, 15) is 0 Å². The minimum atomic E-state index is 0.657. The summed E-state index contributed by atoms with van der Waals surface area (Å²) in [5.74, 6) is 3.94. The van der Waals surface area contributed by atoms with Gasteiger partial charge in [0.2, 0.25) is 0 Å². The first-order valence-corrected chi connectivity index (χ1v) is 47.6. The van der Waals surface area contributed by atoms with Crippen LogP contribution in [0.1, 0.15) is 22.3 Å². The monoisotopic (exact) mass is 1790 g/mol. The van der Waals surface area contributed by atoms with Crippen LogP contribution in [0, 0.1) is 0 Å². The highest BCUT2D eigenvalue weighted by atomic mass is 16.3. The average molecular weight is 1790 g/mol. The highest BCUT2D eigenvalue weighted by Crippen LogP contribution is 2.48. The number of furan rings is 2. The van der Waals surface area contributed by atoms with Crippen LogP contribution >= 0.6 is 0 Å². The van der Waals surface area contributed by atoms with Crippen molar-refractivity contribution in [2.75, 3.05) is 0 Å². The fraction of sp³-hybridized carbons (Fsp3) is 0.0156. The van der Waals surface area contributed by atoms with E-state index < -0.39 is 0 Å². The fourth-order valence-electron chi connectivity index (χ4n) is 22.2. The predicted octanol–water partition coefficient (Wildman–Crippen LogP) is 32.4. The molecule has 12 nitrogen and oxygen atoms in total. The van der Waals surface area contributed by atoms with Crippen LogP contribution in [0.25, 0.3) is 267 Å². The molecule has 30 rings (SSSR count). The number of fused-ring (bicyclic) bond motifs is 24. The Hall–Kier alpha value is -18.8. The molecular formula is C128H78N10O2. The molecule has 12 heteroatoms. The molecule has 0 saturated carbocycles. The van der Waals surface area contributed by atoms with Crippen molar-refractivity contribution in [3.63, 3.8) is 0 Å². The van der Waals surface area contributed by atoms with Gasteiger partial charge in [0.15, 0.2) is 34.9 Å². The van der Waals surface area contributed by atoms with Crippen molar-refractivity contribution in [2.24, 2.45) is 0 Å². The summed E-state index contributed by atoms with van der Waals surface area (Å²) in [6.45, 7) is 0. The molecule has 0 atom stereocenters. The number of aromatic nitrogens is 10. The van der Waals surface area contributed by atoms with E-state index in [2.05, 4.69) is 370 Å². The number of benzene rings is 20. The molecule has 0 bridgehead atoms. The Morgan fingerprint density at radius 2 is 0.379 bits per heavy atom. The van der Waals surface area contributed by atoms with Gasteiger partial charge in [-0.25, -0.2) is 29.9 Å². The molecule has 0 amide bonds.